The number of carbonyl (C=O) groups excluding carboxylic acids is 1. The van der Waals surface area contributed by atoms with E-state index in [2.05, 4.69) is 30.7 Å². The first kappa shape index (κ1) is 20.0. The summed E-state index contributed by atoms with van der Waals surface area (Å²) in [5.41, 5.74) is 4.83. The number of anilines is 1. The molecular weight excluding hydrogens is 376 g/mol. The van der Waals surface area contributed by atoms with Gasteiger partial charge in [-0.05, 0) is 68.5 Å². The van der Waals surface area contributed by atoms with Crippen molar-refractivity contribution in [2.24, 2.45) is 0 Å². The number of hydrogen-bond acceptors (Lipinski definition) is 4. The number of carbonyl (C=O) groups is 1. The van der Waals surface area contributed by atoms with Crippen LogP contribution in [-0.4, -0.2) is 17.7 Å². The number of nitrogens with one attached hydrogen (secondary N) is 1. The number of pyridine rings is 1. The Morgan fingerprint density at radius 3 is 2.63 bits per heavy atom. The highest BCUT2D eigenvalue weighted by Gasteiger charge is 2.51. The van der Waals surface area contributed by atoms with E-state index in [1.54, 1.807) is 6.08 Å². The number of rotatable bonds is 6. The van der Waals surface area contributed by atoms with E-state index in [0.29, 0.717) is 11.6 Å². The highest BCUT2D eigenvalue weighted by Crippen LogP contribution is 2.51. The molecule has 1 aliphatic heterocycles. The van der Waals surface area contributed by atoms with Crippen LogP contribution in [0, 0.1) is 6.92 Å². The Bertz CT molecular complexity index is 1070. The zero-order chi connectivity index (χ0) is 21.3. The van der Waals surface area contributed by atoms with Crippen molar-refractivity contribution in [1.29, 1.82) is 0 Å². The smallest absolute Gasteiger partial charge is 0.236 e. The predicted octanol–water partition coefficient (Wildman–Crippen LogP) is 5.32. The van der Waals surface area contributed by atoms with Gasteiger partial charge in [-0.2, -0.15) is 0 Å². The van der Waals surface area contributed by atoms with Crippen molar-refractivity contribution >= 4 is 17.3 Å². The lowest BCUT2D eigenvalue weighted by Crippen LogP contribution is -2.28. The van der Waals surface area contributed by atoms with Crippen molar-refractivity contribution in [2.45, 2.75) is 39.0 Å². The minimum atomic E-state index is -0.521. The summed E-state index contributed by atoms with van der Waals surface area (Å²) in [4.78, 5) is 17.6. The molecule has 0 spiro atoms. The van der Waals surface area contributed by atoms with Crippen LogP contribution in [0.25, 0.3) is 5.57 Å². The molecule has 0 unspecified atom stereocenters. The lowest BCUT2D eigenvalue weighted by Gasteiger charge is -2.17. The summed E-state index contributed by atoms with van der Waals surface area (Å²) >= 11 is 0. The van der Waals surface area contributed by atoms with Crippen molar-refractivity contribution < 1.29 is 14.3 Å². The fraction of sp³-hybridized carbons (Fsp3) is 0.280. The quantitative estimate of drug-likeness (QED) is 0.664. The third-order valence-electron chi connectivity index (χ3n) is 5.69. The fourth-order valence-electron chi connectivity index (χ4n) is 3.80. The molecular formula is C25H26N2O3. The molecule has 0 bridgehead atoms. The number of nitrogens with zero attached hydrogens (tertiary/aromatic N) is 1. The van der Waals surface area contributed by atoms with Crippen molar-refractivity contribution in [3.8, 4) is 11.5 Å². The van der Waals surface area contributed by atoms with Crippen LogP contribution in [0.1, 0.15) is 43.4 Å². The van der Waals surface area contributed by atoms with Gasteiger partial charge in [0.15, 0.2) is 11.5 Å². The van der Waals surface area contributed by atoms with Gasteiger partial charge < -0.3 is 14.8 Å². The molecule has 0 atom stereocenters. The molecule has 30 heavy (non-hydrogen) atoms. The first-order chi connectivity index (χ1) is 14.4. The number of ether oxygens (including phenoxy) is 2. The number of hydrogen-bond donors (Lipinski definition) is 1. The zero-order valence-corrected chi connectivity index (χ0v) is 17.6. The SMILES string of the molecule is C=C/C=C\C(=C(C)C)c1cnc(NC(=O)C2(c3ccc4c(c3)OCO4)CC2)cc1C. The van der Waals surface area contributed by atoms with E-state index in [9.17, 15) is 4.79 Å². The molecule has 1 aromatic carbocycles. The second-order valence-corrected chi connectivity index (χ2v) is 8.00. The van der Waals surface area contributed by atoms with E-state index in [1.807, 2.05) is 49.5 Å². The highest BCUT2D eigenvalue weighted by molar-refractivity contribution is 6.01. The third-order valence-corrected chi connectivity index (χ3v) is 5.69. The molecule has 2 aromatic rings. The molecule has 1 aromatic heterocycles. The van der Waals surface area contributed by atoms with Gasteiger partial charge in [-0.1, -0.05) is 36.4 Å². The van der Waals surface area contributed by atoms with Crippen LogP contribution in [0.3, 0.4) is 0 Å². The monoisotopic (exact) mass is 402 g/mol. The maximum absolute atomic E-state index is 13.1. The Morgan fingerprint density at radius 1 is 1.20 bits per heavy atom. The van der Waals surface area contributed by atoms with Gasteiger partial charge >= 0.3 is 0 Å². The third kappa shape index (κ3) is 3.63. The van der Waals surface area contributed by atoms with Gasteiger partial charge in [-0.3, -0.25) is 4.79 Å². The Labute approximate surface area is 177 Å². The first-order valence-corrected chi connectivity index (χ1v) is 10.1. The number of amides is 1. The molecule has 4 rings (SSSR count). The molecule has 5 nitrogen and oxygen atoms in total. The number of aryl methyl sites for hydroxylation is 1. The molecule has 2 heterocycles. The Balaban J connectivity index is 1.55. The summed E-state index contributed by atoms with van der Waals surface area (Å²) in [6, 6.07) is 7.67. The number of allylic oxidation sites excluding steroid dienone is 5. The number of fused-ring (bicyclic) bond motifs is 1. The van der Waals surface area contributed by atoms with E-state index < -0.39 is 5.41 Å². The zero-order valence-electron chi connectivity index (χ0n) is 17.6. The van der Waals surface area contributed by atoms with E-state index in [4.69, 9.17) is 9.47 Å². The van der Waals surface area contributed by atoms with Gasteiger partial charge in [-0.15, -0.1) is 0 Å². The van der Waals surface area contributed by atoms with Gasteiger partial charge in [0.1, 0.15) is 5.82 Å². The molecule has 1 saturated carbocycles. The summed E-state index contributed by atoms with van der Waals surface area (Å²) < 4.78 is 10.9. The maximum atomic E-state index is 13.1. The molecule has 0 saturated heterocycles. The van der Waals surface area contributed by atoms with Crippen LogP contribution >= 0.6 is 0 Å². The number of benzene rings is 1. The molecule has 1 fully saturated rings. The first-order valence-electron chi connectivity index (χ1n) is 10.1. The van der Waals surface area contributed by atoms with Crippen molar-refractivity contribution in [3.63, 3.8) is 0 Å². The summed E-state index contributed by atoms with van der Waals surface area (Å²) in [6.07, 6.45) is 9.14. The van der Waals surface area contributed by atoms with Gasteiger partial charge in [0.05, 0.1) is 5.41 Å². The highest BCUT2D eigenvalue weighted by atomic mass is 16.7. The maximum Gasteiger partial charge on any atom is 0.236 e. The molecule has 0 radical (unpaired) electrons. The van der Waals surface area contributed by atoms with Gasteiger partial charge in [-0.25, -0.2) is 4.98 Å². The van der Waals surface area contributed by atoms with Gasteiger partial charge in [0, 0.05) is 11.8 Å². The largest absolute Gasteiger partial charge is 0.454 e. The lowest BCUT2D eigenvalue weighted by atomic mass is 9.94. The topological polar surface area (TPSA) is 60.5 Å². The predicted molar refractivity (Wildman–Crippen MR) is 119 cm³/mol. The van der Waals surface area contributed by atoms with E-state index in [1.165, 1.54) is 5.57 Å². The van der Waals surface area contributed by atoms with Crippen molar-refractivity contribution in [3.05, 3.63) is 77.5 Å². The van der Waals surface area contributed by atoms with Gasteiger partial charge in [0.2, 0.25) is 12.7 Å². The normalized spacial score (nSPS) is 15.7. The second kappa shape index (κ2) is 7.82. The Hall–Kier alpha value is -3.34. The minimum absolute atomic E-state index is 0.0324. The van der Waals surface area contributed by atoms with Crippen LogP contribution in [0.5, 0.6) is 11.5 Å². The standard InChI is InChI=1S/C25H26N2O3/c1-5-6-7-19(16(2)3)20-14-26-23(12-17(20)4)27-24(28)25(10-11-25)18-8-9-21-22(13-18)30-15-29-21/h5-9,12-14H,1,10-11,15H2,2-4H3,(H,26,27,28)/b7-6-. The van der Waals surface area contributed by atoms with E-state index in [0.717, 1.165) is 40.9 Å². The van der Waals surface area contributed by atoms with E-state index in [-0.39, 0.29) is 12.7 Å². The van der Waals surface area contributed by atoms with Crippen molar-refractivity contribution in [2.75, 3.05) is 12.1 Å². The van der Waals surface area contributed by atoms with Crippen LogP contribution in [-0.2, 0) is 10.2 Å². The molecule has 154 valence electrons. The fourth-order valence-corrected chi connectivity index (χ4v) is 3.80. The molecule has 2 aliphatic rings. The Morgan fingerprint density at radius 2 is 1.97 bits per heavy atom. The summed E-state index contributed by atoms with van der Waals surface area (Å²) in [5.74, 6) is 1.96. The van der Waals surface area contributed by atoms with Crippen molar-refractivity contribution in [1.82, 2.24) is 4.98 Å². The Kier molecular flexibility index (Phi) is 5.20. The minimum Gasteiger partial charge on any atom is -0.454 e. The average molecular weight is 402 g/mol. The summed E-state index contributed by atoms with van der Waals surface area (Å²) in [7, 11) is 0. The molecule has 1 aliphatic carbocycles. The van der Waals surface area contributed by atoms with Crippen LogP contribution in [0.2, 0.25) is 0 Å². The van der Waals surface area contributed by atoms with E-state index >= 15 is 0 Å². The van der Waals surface area contributed by atoms with Crippen LogP contribution < -0.4 is 14.8 Å². The number of aromatic nitrogens is 1. The van der Waals surface area contributed by atoms with Crippen LogP contribution in [0.15, 0.2) is 60.8 Å². The molecule has 5 heteroatoms. The lowest BCUT2D eigenvalue weighted by molar-refractivity contribution is -0.118. The molecule has 1 N–H and O–H groups in total. The molecule has 1 amide bonds. The second-order valence-electron chi connectivity index (χ2n) is 8.00. The van der Waals surface area contributed by atoms with Crippen LogP contribution in [0.4, 0.5) is 5.82 Å². The van der Waals surface area contributed by atoms with Gasteiger partial charge in [0.25, 0.3) is 0 Å². The summed E-state index contributed by atoms with van der Waals surface area (Å²) in [5, 5.41) is 3.02. The summed E-state index contributed by atoms with van der Waals surface area (Å²) in [6.45, 7) is 10.1. The average Bonchev–Trinajstić information content (AvgIpc) is 3.40.